The molecule has 5 nitrogen and oxygen atoms in total. The monoisotopic (exact) mass is 309 g/mol. The van der Waals surface area contributed by atoms with Gasteiger partial charge in [0.1, 0.15) is 10.7 Å². The van der Waals surface area contributed by atoms with E-state index in [1.54, 1.807) is 0 Å². The van der Waals surface area contributed by atoms with Crippen LogP contribution < -0.4 is 4.72 Å². The normalized spacial score (nSPS) is 13.2. The van der Waals surface area contributed by atoms with E-state index in [1.807, 2.05) is 0 Å². The van der Waals surface area contributed by atoms with Crippen molar-refractivity contribution in [2.45, 2.75) is 30.7 Å². The minimum Gasteiger partial charge on any atom is -0.481 e. The number of rotatable bonds is 6. The molecular weight excluding hydrogens is 297 g/mol. The van der Waals surface area contributed by atoms with Crippen LogP contribution in [0.1, 0.15) is 19.8 Å². The maximum Gasteiger partial charge on any atom is 0.303 e. The number of carboxylic acids is 1. The number of halogens is 2. The molecule has 0 amide bonds. The van der Waals surface area contributed by atoms with Gasteiger partial charge in [-0.1, -0.05) is 11.6 Å². The van der Waals surface area contributed by atoms with Crippen LogP contribution in [-0.4, -0.2) is 25.5 Å². The minimum atomic E-state index is -3.90. The summed E-state index contributed by atoms with van der Waals surface area (Å²) in [6.45, 7) is 1.54. The number of sulfonamides is 1. The zero-order chi connectivity index (χ0) is 14.6. The maximum absolute atomic E-state index is 12.8. The van der Waals surface area contributed by atoms with E-state index in [-0.39, 0.29) is 22.8 Å². The molecule has 1 unspecified atom stereocenters. The third kappa shape index (κ3) is 4.77. The molecule has 0 aromatic heterocycles. The van der Waals surface area contributed by atoms with Crippen molar-refractivity contribution in [2.75, 3.05) is 0 Å². The summed E-state index contributed by atoms with van der Waals surface area (Å²) in [6.07, 6.45) is -0.00574. The SMILES string of the molecule is CC(CCC(=O)O)NS(=O)(=O)c1ccc(F)cc1Cl. The van der Waals surface area contributed by atoms with Gasteiger partial charge in [-0.15, -0.1) is 0 Å². The fraction of sp³-hybridized carbons (Fsp3) is 0.364. The van der Waals surface area contributed by atoms with Gasteiger partial charge in [-0.2, -0.15) is 0 Å². The quantitative estimate of drug-likeness (QED) is 0.842. The number of carbonyl (C=O) groups is 1. The highest BCUT2D eigenvalue weighted by Gasteiger charge is 2.21. The number of hydrogen-bond acceptors (Lipinski definition) is 3. The molecule has 1 aromatic carbocycles. The van der Waals surface area contributed by atoms with Gasteiger partial charge in [0.15, 0.2) is 0 Å². The average Bonchev–Trinajstić information content (AvgIpc) is 2.25. The van der Waals surface area contributed by atoms with Crippen LogP contribution in [0, 0.1) is 5.82 Å². The van der Waals surface area contributed by atoms with Gasteiger partial charge in [-0.05, 0) is 31.5 Å². The van der Waals surface area contributed by atoms with Crippen molar-refractivity contribution in [3.63, 3.8) is 0 Å². The molecule has 106 valence electrons. The molecule has 0 spiro atoms. The lowest BCUT2D eigenvalue weighted by molar-refractivity contribution is -0.137. The number of hydrogen-bond donors (Lipinski definition) is 2. The molecule has 0 heterocycles. The van der Waals surface area contributed by atoms with Crippen molar-refractivity contribution < 1.29 is 22.7 Å². The van der Waals surface area contributed by atoms with Crippen LogP contribution in [-0.2, 0) is 14.8 Å². The Hall–Kier alpha value is -1.18. The Kier molecular flexibility index (Phi) is 5.28. The summed E-state index contributed by atoms with van der Waals surface area (Å²) in [6, 6.07) is 2.38. The van der Waals surface area contributed by atoms with Gasteiger partial charge >= 0.3 is 5.97 Å². The van der Waals surface area contributed by atoms with Crippen molar-refractivity contribution in [3.8, 4) is 0 Å². The van der Waals surface area contributed by atoms with Crippen LogP contribution in [0.4, 0.5) is 4.39 Å². The van der Waals surface area contributed by atoms with Gasteiger partial charge in [-0.25, -0.2) is 17.5 Å². The summed E-state index contributed by atoms with van der Waals surface area (Å²) >= 11 is 5.67. The van der Waals surface area contributed by atoms with Gasteiger partial charge in [0.25, 0.3) is 0 Å². The van der Waals surface area contributed by atoms with E-state index in [0.29, 0.717) is 0 Å². The molecule has 1 rings (SSSR count). The summed E-state index contributed by atoms with van der Waals surface area (Å²) in [4.78, 5) is 10.2. The Labute approximate surface area is 115 Å². The summed E-state index contributed by atoms with van der Waals surface area (Å²) in [5.74, 6) is -1.64. The first-order valence-electron chi connectivity index (χ1n) is 5.41. The molecule has 0 saturated carbocycles. The van der Waals surface area contributed by atoms with E-state index in [1.165, 1.54) is 6.92 Å². The second-order valence-electron chi connectivity index (χ2n) is 4.03. The molecule has 0 aliphatic carbocycles. The molecule has 8 heteroatoms. The molecule has 0 bridgehead atoms. The molecule has 2 N–H and O–H groups in total. The van der Waals surface area contributed by atoms with Gasteiger partial charge < -0.3 is 5.11 Å². The Balaban J connectivity index is 2.83. The lowest BCUT2D eigenvalue weighted by atomic mass is 10.2. The van der Waals surface area contributed by atoms with Crippen LogP contribution >= 0.6 is 11.6 Å². The zero-order valence-corrected chi connectivity index (χ0v) is 11.6. The van der Waals surface area contributed by atoms with Crippen molar-refractivity contribution in [1.82, 2.24) is 4.72 Å². The first-order valence-corrected chi connectivity index (χ1v) is 7.27. The third-order valence-electron chi connectivity index (χ3n) is 2.33. The second kappa shape index (κ2) is 6.31. The summed E-state index contributed by atoms with van der Waals surface area (Å²) in [7, 11) is -3.90. The van der Waals surface area contributed by atoms with E-state index in [9.17, 15) is 17.6 Å². The van der Waals surface area contributed by atoms with Crippen molar-refractivity contribution in [1.29, 1.82) is 0 Å². The lowest BCUT2D eigenvalue weighted by Gasteiger charge is -2.14. The second-order valence-corrected chi connectivity index (χ2v) is 6.12. The Bertz CT molecular complexity index is 576. The average molecular weight is 310 g/mol. The molecule has 1 aromatic rings. The highest BCUT2D eigenvalue weighted by Crippen LogP contribution is 2.22. The molecule has 0 aliphatic rings. The van der Waals surface area contributed by atoms with Crippen molar-refractivity contribution >= 4 is 27.6 Å². The van der Waals surface area contributed by atoms with Crippen LogP contribution in [0.3, 0.4) is 0 Å². The van der Waals surface area contributed by atoms with E-state index in [4.69, 9.17) is 16.7 Å². The molecule has 1 atom stereocenters. The molecule has 0 saturated heterocycles. The topological polar surface area (TPSA) is 83.5 Å². The third-order valence-corrected chi connectivity index (χ3v) is 4.40. The smallest absolute Gasteiger partial charge is 0.303 e. The number of benzene rings is 1. The van der Waals surface area contributed by atoms with E-state index in [0.717, 1.165) is 18.2 Å². The van der Waals surface area contributed by atoms with Gasteiger partial charge in [0.2, 0.25) is 10.0 Å². The molecule has 0 aliphatic heterocycles. The number of nitrogens with one attached hydrogen (secondary N) is 1. The van der Waals surface area contributed by atoms with E-state index in [2.05, 4.69) is 4.72 Å². The highest BCUT2D eigenvalue weighted by atomic mass is 35.5. The highest BCUT2D eigenvalue weighted by molar-refractivity contribution is 7.89. The van der Waals surface area contributed by atoms with Gasteiger partial charge in [0.05, 0.1) is 5.02 Å². The fourth-order valence-electron chi connectivity index (χ4n) is 1.42. The molecular formula is C11H13ClFNO4S. The molecule has 0 fully saturated rings. The standard InChI is InChI=1S/C11H13ClFNO4S/c1-7(2-5-11(15)16)14-19(17,18)10-4-3-8(13)6-9(10)12/h3-4,6-7,14H,2,5H2,1H3,(H,15,16). The van der Waals surface area contributed by atoms with E-state index >= 15 is 0 Å². The van der Waals surface area contributed by atoms with E-state index < -0.39 is 27.9 Å². The predicted molar refractivity (Wildman–Crippen MR) is 68.1 cm³/mol. The Morgan fingerprint density at radius 3 is 2.68 bits per heavy atom. The van der Waals surface area contributed by atoms with Crippen molar-refractivity contribution in [2.24, 2.45) is 0 Å². The first kappa shape index (κ1) is 15.9. The largest absolute Gasteiger partial charge is 0.481 e. The van der Waals surface area contributed by atoms with Crippen molar-refractivity contribution in [3.05, 3.63) is 29.0 Å². The van der Waals surface area contributed by atoms with Crippen LogP contribution in [0.15, 0.2) is 23.1 Å². The zero-order valence-electron chi connectivity index (χ0n) is 10.1. The van der Waals surface area contributed by atoms with Crippen LogP contribution in [0.5, 0.6) is 0 Å². The lowest BCUT2D eigenvalue weighted by Crippen LogP contribution is -2.33. The molecule has 19 heavy (non-hydrogen) atoms. The minimum absolute atomic E-state index is 0.146. The number of carboxylic acid groups (broad SMARTS) is 1. The fourth-order valence-corrected chi connectivity index (χ4v) is 3.23. The summed E-state index contributed by atoms with van der Waals surface area (Å²) in [5, 5.41) is 8.29. The predicted octanol–water partition coefficient (Wildman–Crippen LogP) is 2.01. The van der Waals surface area contributed by atoms with Crippen LogP contribution in [0.25, 0.3) is 0 Å². The summed E-state index contributed by atoms with van der Waals surface area (Å²) < 4.78 is 39.0. The molecule has 0 radical (unpaired) electrons. The van der Waals surface area contributed by atoms with Gasteiger partial charge in [0, 0.05) is 12.5 Å². The Morgan fingerprint density at radius 1 is 1.53 bits per heavy atom. The maximum atomic E-state index is 12.8. The van der Waals surface area contributed by atoms with Crippen LogP contribution in [0.2, 0.25) is 5.02 Å². The Morgan fingerprint density at radius 2 is 2.16 bits per heavy atom. The summed E-state index contributed by atoms with van der Waals surface area (Å²) in [5.41, 5.74) is 0. The first-order chi connectivity index (χ1) is 8.72. The van der Waals surface area contributed by atoms with Gasteiger partial charge in [-0.3, -0.25) is 4.79 Å². The number of aliphatic carboxylic acids is 1.